The Morgan fingerprint density at radius 2 is 2.11 bits per heavy atom. The van der Waals surface area contributed by atoms with Crippen LogP contribution in [0.15, 0.2) is 16.9 Å². The highest BCUT2D eigenvalue weighted by atomic mass is 16.5. The third-order valence-corrected chi connectivity index (χ3v) is 4.26. The number of nitrogens with zero attached hydrogens (tertiary/aromatic N) is 2. The van der Waals surface area contributed by atoms with Gasteiger partial charge in [0.25, 0.3) is 0 Å². The SMILES string of the molecule is Cn1c2c(ccc1=O)CCN([C@H]1CCOC1)CC2. The van der Waals surface area contributed by atoms with Crippen LogP contribution in [0, 0.1) is 0 Å². The van der Waals surface area contributed by atoms with Crippen LogP contribution in [0.3, 0.4) is 0 Å². The fraction of sp³-hybridized carbons (Fsp3) is 0.643. The predicted octanol–water partition coefficient (Wildman–Crippen LogP) is 0.575. The van der Waals surface area contributed by atoms with Gasteiger partial charge >= 0.3 is 0 Å². The zero-order valence-corrected chi connectivity index (χ0v) is 10.9. The van der Waals surface area contributed by atoms with Gasteiger partial charge in [0.15, 0.2) is 0 Å². The van der Waals surface area contributed by atoms with E-state index in [-0.39, 0.29) is 5.56 Å². The van der Waals surface area contributed by atoms with Gasteiger partial charge in [-0.3, -0.25) is 9.69 Å². The first-order valence-electron chi connectivity index (χ1n) is 6.75. The molecule has 0 saturated carbocycles. The summed E-state index contributed by atoms with van der Waals surface area (Å²) in [4.78, 5) is 14.2. The second kappa shape index (κ2) is 4.86. The van der Waals surface area contributed by atoms with Crippen molar-refractivity contribution in [2.24, 2.45) is 7.05 Å². The maximum absolute atomic E-state index is 11.7. The fourth-order valence-electron chi connectivity index (χ4n) is 3.08. The van der Waals surface area contributed by atoms with Gasteiger partial charge in [-0.05, 0) is 18.4 Å². The van der Waals surface area contributed by atoms with Gasteiger partial charge in [-0.1, -0.05) is 6.07 Å². The van der Waals surface area contributed by atoms with Crippen molar-refractivity contribution >= 4 is 0 Å². The third kappa shape index (κ3) is 2.10. The summed E-state index contributed by atoms with van der Waals surface area (Å²) in [6.45, 7) is 3.89. The van der Waals surface area contributed by atoms with E-state index in [0.29, 0.717) is 6.04 Å². The number of pyridine rings is 1. The summed E-state index contributed by atoms with van der Waals surface area (Å²) in [7, 11) is 1.88. The second-order valence-electron chi connectivity index (χ2n) is 5.26. The summed E-state index contributed by atoms with van der Waals surface area (Å²) in [5.74, 6) is 0. The van der Waals surface area contributed by atoms with Gasteiger partial charge in [-0.25, -0.2) is 0 Å². The monoisotopic (exact) mass is 248 g/mol. The van der Waals surface area contributed by atoms with Gasteiger partial charge in [-0.2, -0.15) is 0 Å². The molecule has 1 atom stereocenters. The van der Waals surface area contributed by atoms with E-state index in [4.69, 9.17) is 4.74 Å². The molecular weight excluding hydrogens is 228 g/mol. The van der Waals surface area contributed by atoms with Crippen LogP contribution in [0.5, 0.6) is 0 Å². The van der Waals surface area contributed by atoms with Gasteiger partial charge < -0.3 is 9.30 Å². The zero-order valence-electron chi connectivity index (χ0n) is 10.9. The van der Waals surface area contributed by atoms with Crippen LogP contribution in [-0.2, 0) is 24.6 Å². The van der Waals surface area contributed by atoms with E-state index < -0.39 is 0 Å². The van der Waals surface area contributed by atoms with Gasteiger partial charge in [0.05, 0.1) is 6.61 Å². The minimum absolute atomic E-state index is 0.103. The summed E-state index contributed by atoms with van der Waals surface area (Å²) in [6, 6.07) is 4.27. The number of rotatable bonds is 1. The molecule has 3 heterocycles. The average molecular weight is 248 g/mol. The Labute approximate surface area is 107 Å². The molecule has 1 fully saturated rings. The summed E-state index contributed by atoms with van der Waals surface area (Å²) in [6.07, 6.45) is 3.16. The molecule has 2 aliphatic heterocycles. The van der Waals surface area contributed by atoms with Crippen molar-refractivity contribution in [2.75, 3.05) is 26.3 Å². The van der Waals surface area contributed by atoms with E-state index in [0.717, 1.165) is 45.6 Å². The number of hydrogen-bond acceptors (Lipinski definition) is 3. The molecule has 1 saturated heterocycles. The summed E-state index contributed by atoms with van der Waals surface area (Å²) in [5.41, 5.74) is 2.65. The molecule has 4 heteroatoms. The second-order valence-corrected chi connectivity index (χ2v) is 5.26. The first kappa shape index (κ1) is 11.9. The molecule has 0 aliphatic carbocycles. The van der Waals surface area contributed by atoms with Crippen molar-refractivity contribution in [1.82, 2.24) is 9.47 Å². The molecule has 0 aromatic carbocycles. The van der Waals surface area contributed by atoms with E-state index >= 15 is 0 Å². The number of ether oxygens (including phenoxy) is 1. The lowest BCUT2D eigenvalue weighted by Crippen LogP contribution is -2.37. The molecule has 18 heavy (non-hydrogen) atoms. The first-order valence-corrected chi connectivity index (χ1v) is 6.75. The van der Waals surface area contributed by atoms with Gasteiger partial charge in [-0.15, -0.1) is 0 Å². The van der Waals surface area contributed by atoms with Gasteiger partial charge in [0.2, 0.25) is 5.56 Å². The Balaban J connectivity index is 1.81. The molecule has 1 aromatic heterocycles. The van der Waals surface area contributed by atoms with Crippen molar-refractivity contribution in [3.8, 4) is 0 Å². The van der Waals surface area contributed by atoms with Crippen molar-refractivity contribution in [3.05, 3.63) is 33.7 Å². The minimum atomic E-state index is 0.103. The number of aromatic nitrogens is 1. The Hall–Kier alpha value is -1.13. The highest BCUT2D eigenvalue weighted by Crippen LogP contribution is 2.19. The first-order chi connectivity index (χ1) is 8.75. The van der Waals surface area contributed by atoms with Crippen LogP contribution in [-0.4, -0.2) is 41.8 Å². The molecule has 0 N–H and O–H groups in total. The minimum Gasteiger partial charge on any atom is -0.380 e. The predicted molar refractivity (Wildman–Crippen MR) is 69.9 cm³/mol. The van der Waals surface area contributed by atoms with Crippen molar-refractivity contribution in [2.45, 2.75) is 25.3 Å². The summed E-state index contributed by atoms with van der Waals surface area (Å²) >= 11 is 0. The average Bonchev–Trinajstić information content (AvgIpc) is 2.81. The molecule has 98 valence electrons. The van der Waals surface area contributed by atoms with E-state index in [1.54, 1.807) is 6.07 Å². The quantitative estimate of drug-likeness (QED) is 0.729. The van der Waals surface area contributed by atoms with Crippen molar-refractivity contribution in [1.29, 1.82) is 0 Å². The molecule has 1 aromatic rings. The van der Waals surface area contributed by atoms with E-state index in [9.17, 15) is 4.79 Å². The summed E-state index contributed by atoms with van der Waals surface area (Å²) < 4.78 is 7.28. The Bertz CT molecular complexity index is 489. The smallest absolute Gasteiger partial charge is 0.250 e. The summed E-state index contributed by atoms with van der Waals surface area (Å²) in [5, 5.41) is 0. The maximum atomic E-state index is 11.7. The van der Waals surface area contributed by atoms with Gasteiger partial charge in [0.1, 0.15) is 0 Å². The highest BCUT2D eigenvalue weighted by Gasteiger charge is 2.25. The van der Waals surface area contributed by atoms with Crippen molar-refractivity contribution < 1.29 is 4.74 Å². The molecule has 3 rings (SSSR count). The van der Waals surface area contributed by atoms with E-state index in [2.05, 4.69) is 4.90 Å². The molecular formula is C14H20N2O2. The largest absolute Gasteiger partial charge is 0.380 e. The Morgan fingerprint density at radius 3 is 2.89 bits per heavy atom. The van der Waals surface area contributed by atoms with Crippen LogP contribution in [0.2, 0.25) is 0 Å². The Kier molecular flexibility index (Phi) is 3.22. The van der Waals surface area contributed by atoms with Crippen LogP contribution < -0.4 is 5.56 Å². The number of hydrogen-bond donors (Lipinski definition) is 0. The van der Waals surface area contributed by atoms with Crippen molar-refractivity contribution in [3.63, 3.8) is 0 Å². The highest BCUT2D eigenvalue weighted by molar-refractivity contribution is 5.23. The van der Waals surface area contributed by atoms with Crippen LogP contribution in [0.25, 0.3) is 0 Å². The van der Waals surface area contributed by atoms with Crippen LogP contribution in [0.4, 0.5) is 0 Å². The van der Waals surface area contributed by atoms with Crippen LogP contribution in [0.1, 0.15) is 17.7 Å². The lowest BCUT2D eigenvalue weighted by Gasteiger charge is -2.25. The third-order valence-electron chi connectivity index (χ3n) is 4.26. The van der Waals surface area contributed by atoms with E-state index in [1.807, 2.05) is 17.7 Å². The molecule has 0 bridgehead atoms. The lowest BCUT2D eigenvalue weighted by molar-refractivity contribution is 0.147. The molecule has 2 aliphatic rings. The molecule has 0 unspecified atom stereocenters. The topological polar surface area (TPSA) is 34.5 Å². The fourth-order valence-corrected chi connectivity index (χ4v) is 3.08. The molecule has 4 nitrogen and oxygen atoms in total. The molecule has 0 amide bonds. The maximum Gasteiger partial charge on any atom is 0.250 e. The van der Waals surface area contributed by atoms with Crippen LogP contribution >= 0.6 is 0 Å². The number of fused-ring (bicyclic) bond motifs is 1. The Morgan fingerprint density at radius 1 is 1.28 bits per heavy atom. The zero-order chi connectivity index (χ0) is 12.5. The van der Waals surface area contributed by atoms with E-state index in [1.165, 1.54) is 11.3 Å². The lowest BCUT2D eigenvalue weighted by atomic mass is 10.1. The standard InChI is InChI=1S/C14H20N2O2/c1-15-13-5-8-16(12-6-9-18-10-12)7-4-11(13)2-3-14(15)17/h2-3,12H,4-10H2,1H3/t12-/m0/s1. The molecule has 0 spiro atoms. The normalized spacial score (nSPS) is 24.8. The van der Waals surface area contributed by atoms with Gasteiger partial charge in [0, 0.05) is 51.0 Å². The molecule has 0 radical (unpaired) electrons.